The maximum absolute atomic E-state index is 12.3. The quantitative estimate of drug-likeness (QED) is 0.924. The number of carbonyl (C=O) groups excluding carboxylic acids is 2. The number of carbonyl (C=O) groups is 2. The van der Waals surface area contributed by atoms with Crippen molar-refractivity contribution in [3.05, 3.63) is 29.6 Å². The highest BCUT2D eigenvalue weighted by Gasteiger charge is 2.22. The van der Waals surface area contributed by atoms with E-state index in [2.05, 4.69) is 10.3 Å². The molecule has 1 saturated heterocycles. The number of likely N-dealkylation sites (tertiary alicyclic amines) is 1. The van der Waals surface area contributed by atoms with Crippen LogP contribution in [0.3, 0.4) is 0 Å². The molecule has 5 nitrogen and oxygen atoms in total. The second-order valence-electron chi connectivity index (χ2n) is 5.86. The van der Waals surface area contributed by atoms with E-state index in [9.17, 15) is 9.59 Å². The fraction of sp³-hybridized carbons (Fsp3) is 0.562. The zero-order valence-electron chi connectivity index (χ0n) is 12.2. The summed E-state index contributed by atoms with van der Waals surface area (Å²) in [6.07, 6.45) is 6.52. The number of hydrogen-bond donors (Lipinski definition) is 1. The molecule has 2 heterocycles. The lowest BCUT2D eigenvalue weighted by Crippen LogP contribution is -2.34. The Kier molecular flexibility index (Phi) is 4.18. The molecule has 1 aliphatic carbocycles. The highest BCUT2D eigenvalue weighted by atomic mass is 16.2. The Morgan fingerprint density at radius 1 is 1.05 bits per heavy atom. The first-order chi connectivity index (χ1) is 10.2. The molecule has 2 fully saturated rings. The molecule has 0 spiro atoms. The average Bonchev–Trinajstić information content (AvgIpc) is 3.20. The van der Waals surface area contributed by atoms with Crippen LogP contribution in [0.2, 0.25) is 0 Å². The number of nitrogens with zero attached hydrogens (tertiary/aromatic N) is 2. The third-order valence-corrected chi connectivity index (χ3v) is 4.28. The lowest BCUT2D eigenvalue weighted by Gasteiger charge is -2.15. The van der Waals surface area contributed by atoms with Gasteiger partial charge >= 0.3 is 0 Å². The monoisotopic (exact) mass is 287 g/mol. The van der Waals surface area contributed by atoms with E-state index in [1.807, 2.05) is 0 Å². The summed E-state index contributed by atoms with van der Waals surface area (Å²) in [5.41, 5.74) is 0.711. The first-order valence-electron chi connectivity index (χ1n) is 7.81. The molecule has 1 aromatic heterocycles. The molecule has 0 atom stereocenters. The summed E-state index contributed by atoms with van der Waals surface area (Å²) in [7, 11) is 0. The fourth-order valence-corrected chi connectivity index (χ4v) is 3.09. The van der Waals surface area contributed by atoms with E-state index >= 15 is 0 Å². The van der Waals surface area contributed by atoms with Gasteiger partial charge in [-0.25, -0.2) is 4.98 Å². The summed E-state index contributed by atoms with van der Waals surface area (Å²) < 4.78 is 0. The molecule has 112 valence electrons. The predicted molar refractivity (Wildman–Crippen MR) is 79.1 cm³/mol. The first-order valence-corrected chi connectivity index (χ1v) is 7.81. The van der Waals surface area contributed by atoms with Gasteiger partial charge in [-0.3, -0.25) is 9.59 Å². The van der Waals surface area contributed by atoms with Gasteiger partial charge in [0, 0.05) is 19.1 Å². The largest absolute Gasteiger partial charge is 0.348 e. The maximum Gasteiger partial charge on any atom is 0.272 e. The van der Waals surface area contributed by atoms with E-state index in [4.69, 9.17) is 0 Å². The van der Waals surface area contributed by atoms with E-state index in [1.165, 1.54) is 12.8 Å². The average molecular weight is 287 g/mol. The Balaban J connectivity index is 1.69. The minimum atomic E-state index is -0.169. The summed E-state index contributed by atoms with van der Waals surface area (Å²) in [4.78, 5) is 30.6. The molecular weight excluding hydrogens is 266 g/mol. The van der Waals surface area contributed by atoms with Crippen molar-refractivity contribution in [2.24, 2.45) is 0 Å². The second kappa shape index (κ2) is 6.24. The lowest BCUT2D eigenvalue weighted by molar-refractivity contribution is 0.0787. The van der Waals surface area contributed by atoms with Gasteiger partial charge in [0.2, 0.25) is 0 Å². The number of rotatable bonds is 3. The van der Waals surface area contributed by atoms with Crippen LogP contribution >= 0.6 is 0 Å². The molecule has 1 N–H and O–H groups in total. The van der Waals surface area contributed by atoms with E-state index < -0.39 is 0 Å². The zero-order valence-corrected chi connectivity index (χ0v) is 12.2. The minimum Gasteiger partial charge on any atom is -0.348 e. The second-order valence-corrected chi connectivity index (χ2v) is 5.86. The van der Waals surface area contributed by atoms with Gasteiger partial charge in [-0.05, 0) is 37.8 Å². The van der Waals surface area contributed by atoms with Crippen LogP contribution in [-0.4, -0.2) is 40.8 Å². The van der Waals surface area contributed by atoms with Crippen LogP contribution in [0, 0.1) is 0 Å². The molecule has 0 aromatic carbocycles. The van der Waals surface area contributed by atoms with Crippen LogP contribution in [0.15, 0.2) is 18.2 Å². The van der Waals surface area contributed by atoms with Crippen molar-refractivity contribution in [2.75, 3.05) is 13.1 Å². The number of nitrogens with one attached hydrogen (secondary N) is 1. The highest BCUT2D eigenvalue weighted by Crippen LogP contribution is 2.18. The minimum absolute atomic E-state index is 0.0667. The summed E-state index contributed by atoms with van der Waals surface area (Å²) in [5, 5.41) is 3.00. The third-order valence-electron chi connectivity index (χ3n) is 4.28. The van der Waals surface area contributed by atoms with Crippen LogP contribution in [0.4, 0.5) is 0 Å². The van der Waals surface area contributed by atoms with Gasteiger partial charge in [-0.15, -0.1) is 0 Å². The van der Waals surface area contributed by atoms with Gasteiger partial charge in [0.25, 0.3) is 11.8 Å². The zero-order chi connectivity index (χ0) is 14.7. The van der Waals surface area contributed by atoms with Gasteiger partial charge in [0.05, 0.1) is 0 Å². The van der Waals surface area contributed by atoms with Crippen molar-refractivity contribution in [3.63, 3.8) is 0 Å². The van der Waals surface area contributed by atoms with Crippen molar-refractivity contribution in [1.82, 2.24) is 15.2 Å². The van der Waals surface area contributed by atoms with Crippen molar-refractivity contribution < 1.29 is 9.59 Å². The molecule has 1 aliphatic heterocycles. The van der Waals surface area contributed by atoms with Crippen LogP contribution < -0.4 is 5.32 Å². The Morgan fingerprint density at radius 3 is 2.43 bits per heavy atom. The van der Waals surface area contributed by atoms with Crippen molar-refractivity contribution in [3.8, 4) is 0 Å². The smallest absolute Gasteiger partial charge is 0.272 e. The Bertz CT molecular complexity index is 532. The van der Waals surface area contributed by atoms with E-state index in [1.54, 1.807) is 23.1 Å². The number of pyridine rings is 1. The molecule has 0 radical (unpaired) electrons. The van der Waals surface area contributed by atoms with Gasteiger partial charge in [-0.2, -0.15) is 0 Å². The van der Waals surface area contributed by atoms with Crippen molar-refractivity contribution in [1.29, 1.82) is 0 Å². The molecule has 3 rings (SSSR count). The molecule has 21 heavy (non-hydrogen) atoms. The van der Waals surface area contributed by atoms with E-state index in [0.29, 0.717) is 11.4 Å². The summed E-state index contributed by atoms with van der Waals surface area (Å²) >= 11 is 0. The molecule has 0 bridgehead atoms. The standard InChI is InChI=1S/C16H21N3O2/c20-15(17-12-6-1-2-7-12)13-8-5-9-14(18-13)16(21)19-10-3-4-11-19/h5,8-9,12H,1-4,6-7,10-11H2,(H,17,20). The topological polar surface area (TPSA) is 62.3 Å². The van der Waals surface area contributed by atoms with Gasteiger partial charge in [-0.1, -0.05) is 18.9 Å². The fourth-order valence-electron chi connectivity index (χ4n) is 3.09. The number of amides is 2. The Morgan fingerprint density at radius 2 is 1.71 bits per heavy atom. The lowest BCUT2D eigenvalue weighted by atomic mass is 10.2. The van der Waals surface area contributed by atoms with Crippen LogP contribution in [0.25, 0.3) is 0 Å². The molecule has 2 amide bonds. The molecule has 1 aromatic rings. The van der Waals surface area contributed by atoms with Crippen LogP contribution in [0.1, 0.15) is 59.5 Å². The molecule has 1 saturated carbocycles. The molecule has 2 aliphatic rings. The Labute approximate surface area is 124 Å². The third kappa shape index (κ3) is 3.23. The van der Waals surface area contributed by atoms with Gasteiger partial charge < -0.3 is 10.2 Å². The Hall–Kier alpha value is -1.91. The number of hydrogen-bond acceptors (Lipinski definition) is 3. The maximum atomic E-state index is 12.3. The summed E-state index contributed by atoms with van der Waals surface area (Å²) in [6, 6.07) is 5.36. The SMILES string of the molecule is O=C(NC1CCCC1)c1cccc(C(=O)N2CCCC2)n1. The van der Waals surface area contributed by atoms with Crippen molar-refractivity contribution in [2.45, 2.75) is 44.6 Å². The van der Waals surface area contributed by atoms with Gasteiger partial charge in [0.15, 0.2) is 0 Å². The molecule has 5 heteroatoms. The first kappa shape index (κ1) is 14.0. The summed E-state index contributed by atoms with van der Waals surface area (Å²) in [5.74, 6) is -0.235. The highest BCUT2D eigenvalue weighted by molar-refractivity contribution is 5.96. The van der Waals surface area contributed by atoms with Gasteiger partial charge in [0.1, 0.15) is 11.4 Å². The van der Waals surface area contributed by atoms with Crippen LogP contribution in [-0.2, 0) is 0 Å². The predicted octanol–water partition coefficient (Wildman–Crippen LogP) is 1.99. The van der Waals surface area contributed by atoms with Crippen LogP contribution in [0.5, 0.6) is 0 Å². The normalized spacial score (nSPS) is 19.0. The van der Waals surface area contributed by atoms with E-state index in [-0.39, 0.29) is 17.9 Å². The van der Waals surface area contributed by atoms with E-state index in [0.717, 1.165) is 38.8 Å². The molecule has 0 unspecified atom stereocenters. The van der Waals surface area contributed by atoms with Crippen molar-refractivity contribution >= 4 is 11.8 Å². The number of aromatic nitrogens is 1. The summed E-state index contributed by atoms with van der Waals surface area (Å²) in [6.45, 7) is 1.58. The molecular formula is C16H21N3O2.